The highest BCUT2D eigenvalue weighted by Crippen LogP contribution is 2.39. The number of aryl methyl sites for hydroxylation is 2. The van der Waals surface area contributed by atoms with E-state index in [1.165, 1.54) is 0 Å². The first kappa shape index (κ1) is 15.0. The van der Waals surface area contributed by atoms with E-state index >= 15 is 0 Å². The molecule has 112 valence electrons. The Morgan fingerprint density at radius 1 is 1.52 bits per heavy atom. The average molecular weight is 291 g/mol. The Morgan fingerprint density at radius 3 is 2.67 bits per heavy atom. The Labute approximate surface area is 122 Å². The van der Waals surface area contributed by atoms with Gasteiger partial charge < -0.3 is 14.6 Å². The van der Waals surface area contributed by atoms with Crippen molar-refractivity contribution in [2.45, 2.75) is 39.2 Å². The fourth-order valence-electron chi connectivity index (χ4n) is 2.19. The van der Waals surface area contributed by atoms with Crippen LogP contribution in [0.3, 0.4) is 0 Å². The normalized spacial score (nSPS) is 16.7. The molecule has 1 atom stereocenters. The lowest BCUT2D eigenvalue weighted by atomic mass is 9.98. The van der Waals surface area contributed by atoms with Gasteiger partial charge in [0.1, 0.15) is 16.9 Å². The Kier molecular flexibility index (Phi) is 3.98. The fourth-order valence-corrected chi connectivity index (χ4v) is 2.19. The van der Waals surface area contributed by atoms with Crippen molar-refractivity contribution in [1.82, 2.24) is 10.5 Å². The zero-order valence-corrected chi connectivity index (χ0v) is 12.2. The standard InChI is InChI=1S/C14H17N3O4/c1-8-12(9(2)21-17-8)13(19)20-6-11(18)16-14(3,7-15)10-4-5-10/h10H,4-6H2,1-3H3,(H,16,18)/t14-/m0/s1. The Bertz CT molecular complexity index is 593. The van der Waals surface area contributed by atoms with Crippen LogP contribution < -0.4 is 5.32 Å². The summed E-state index contributed by atoms with van der Waals surface area (Å²) in [5, 5.41) is 15.4. The second-order valence-corrected chi connectivity index (χ2v) is 5.41. The molecule has 1 aliphatic rings. The lowest BCUT2D eigenvalue weighted by Gasteiger charge is -2.22. The van der Waals surface area contributed by atoms with Gasteiger partial charge in [0.2, 0.25) is 0 Å². The summed E-state index contributed by atoms with van der Waals surface area (Å²) in [7, 11) is 0. The topological polar surface area (TPSA) is 105 Å². The summed E-state index contributed by atoms with van der Waals surface area (Å²) in [4.78, 5) is 23.7. The van der Waals surface area contributed by atoms with Crippen LogP contribution in [0.1, 0.15) is 41.6 Å². The number of nitrogens with one attached hydrogen (secondary N) is 1. The number of esters is 1. The number of nitrogens with zero attached hydrogens (tertiary/aromatic N) is 2. The Morgan fingerprint density at radius 2 is 2.19 bits per heavy atom. The Balaban J connectivity index is 1.90. The summed E-state index contributed by atoms with van der Waals surface area (Å²) in [6.07, 6.45) is 1.84. The number of aromatic nitrogens is 1. The number of hydrogen-bond donors (Lipinski definition) is 1. The van der Waals surface area contributed by atoms with Crippen molar-refractivity contribution in [3.8, 4) is 6.07 Å². The minimum Gasteiger partial charge on any atom is -0.452 e. The van der Waals surface area contributed by atoms with Crippen LogP contribution in [0.2, 0.25) is 0 Å². The van der Waals surface area contributed by atoms with Crippen molar-refractivity contribution in [2.75, 3.05) is 6.61 Å². The van der Waals surface area contributed by atoms with Crippen molar-refractivity contribution in [3.63, 3.8) is 0 Å². The van der Waals surface area contributed by atoms with Crippen molar-refractivity contribution in [1.29, 1.82) is 5.26 Å². The van der Waals surface area contributed by atoms with Gasteiger partial charge in [0.25, 0.3) is 5.91 Å². The number of hydrogen-bond acceptors (Lipinski definition) is 6. The number of carbonyl (C=O) groups is 2. The SMILES string of the molecule is Cc1noc(C)c1C(=O)OCC(=O)N[C@@](C)(C#N)C1CC1. The lowest BCUT2D eigenvalue weighted by Crippen LogP contribution is -2.48. The molecule has 0 aromatic carbocycles. The van der Waals surface area contributed by atoms with Crippen LogP contribution in [0.25, 0.3) is 0 Å². The summed E-state index contributed by atoms with van der Waals surface area (Å²) in [6, 6.07) is 2.11. The molecule has 1 aromatic rings. The summed E-state index contributed by atoms with van der Waals surface area (Å²) in [6.45, 7) is 4.45. The summed E-state index contributed by atoms with van der Waals surface area (Å²) in [5.41, 5.74) is -0.252. The molecule has 7 heteroatoms. The lowest BCUT2D eigenvalue weighted by molar-refractivity contribution is -0.125. The van der Waals surface area contributed by atoms with E-state index in [4.69, 9.17) is 14.5 Å². The van der Waals surface area contributed by atoms with Gasteiger partial charge in [0.15, 0.2) is 6.61 Å². The molecule has 1 N–H and O–H groups in total. The molecule has 1 aromatic heterocycles. The predicted molar refractivity (Wildman–Crippen MR) is 71.1 cm³/mol. The predicted octanol–water partition coefficient (Wildman–Crippen LogP) is 1.26. The molecule has 0 unspecified atom stereocenters. The van der Waals surface area contributed by atoms with Gasteiger partial charge in [-0.05, 0) is 39.5 Å². The molecule has 2 rings (SSSR count). The maximum atomic E-state index is 11.9. The molecule has 1 aliphatic carbocycles. The molecular weight excluding hydrogens is 274 g/mol. The molecule has 0 aliphatic heterocycles. The van der Waals surface area contributed by atoms with Gasteiger partial charge in [-0.25, -0.2) is 4.79 Å². The van der Waals surface area contributed by atoms with Crippen LogP contribution in [0.5, 0.6) is 0 Å². The molecule has 0 spiro atoms. The second kappa shape index (κ2) is 5.56. The van der Waals surface area contributed by atoms with Crippen LogP contribution in [0.4, 0.5) is 0 Å². The molecular formula is C14H17N3O4. The van der Waals surface area contributed by atoms with E-state index in [1.54, 1.807) is 20.8 Å². The summed E-state index contributed by atoms with van der Waals surface area (Å²) in [5.74, 6) is -0.639. The van der Waals surface area contributed by atoms with Gasteiger partial charge in [-0.2, -0.15) is 5.26 Å². The number of amides is 1. The second-order valence-electron chi connectivity index (χ2n) is 5.41. The highest BCUT2D eigenvalue weighted by atomic mass is 16.5. The monoisotopic (exact) mass is 291 g/mol. The first-order valence-electron chi connectivity index (χ1n) is 6.69. The van der Waals surface area contributed by atoms with E-state index in [9.17, 15) is 9.59 Å². The third-order valence-electron chi connectivity index (χ3n) is 3.60. The molecule has 0 bridgehead atoms. The first-order valence-corrected chi connectivity index (χ1v) is 6.69. The van der Waals surface area contributed by atoms with Gasteiger partial charge >= 0.3 is 5.97 Å². The smallest absolute Gasteiger partial charge is 0.344 e. The number of rotatable bonds is 5. The van der Waals surface area contributed by atoms with Gasteiger partial charge in [-0.1, -0.05) is 5.16 Å². The average Bonchev–Trinajstić information content (AvgIpc) is 3.23. The fraction of sp³-hybridized carbons (Fsp3) is 0.571. The van der Waals surface area contributed by atoms with E-state index in [2.05, 4.69) is 16.5 Å². The van der Waals surface area contributed by atoms with Crippen LogP contribution in [0, 0.1) is 31.1 Å². The molecule has 21 heavy (non-hydrogen) atoms. The molecule has 0 saturated heterocycles. The van der Waals surface area contributed by atoms with Gasteiger partial charge in [-0.3, -0.25) is 4.79 Å². The number of carbonyl (C=O) groups excluding carboxylic acids is 2. The molecule has 0 radical (unpaired) electrons. The van der Waals surface area contributed by atoms with Crippen LogP contribution in [-0.4, -0.2) is 29.2 Å². The van der Waals surface area contributed by atoms with Crippen LogP contribution >= 0.6 is 0 Å². The van der Waals surface area contributed by atoms with E-state index in [-0.39, 0.29) is 11.5 Å². The van der Waals surface area contributed by atoms with E-state index in [1.807, 2.05) is 0 Å². The van der Waals surface area contributed by atoms with Gasteiger partial charge in [0.05, 0.1) is 11.8 Å². The summed E-state index contributed by atoms with van der Waals surface area (Å²) >= 11 is 0. The van der Waals surface area contributed by atoms with Crippen molar-refractivity contribution >= 4 is 11.9 Å². The zero-order valence-electron chi connectivity index (χ0n) is 12.2. The van der Waals surface area contributed by atoms with E-state index < -0.39 is 24.0 Å². The summed E-state index contributed by atoms with van der Waals surface area (Å²) < 4.78 is 9.81. The van der Waals surface area contributed by atoms with Crippen LogP contribution in [-0.2, 0) is 9.53 Å². The quantitative estimate of drug-likeness (QED) is 0.819. The minimum absolute atomic E-state index is 0.171. The van der Waals surface area contributed by atoms with Gasteiger partial charge in [0, 0.05) is 0 Å². The molecule has 1 amide bonds. The van der Waals surface area contributed by atoms with Gasteiger partial charge in [-0.15, -0.1) is 0 Å². The van der Waals surface area contributed by atoms with Crippen molar-refractivity contribution in [3.05, 3.63) is 17.0 Å². The highest BCUT2D eigenvalue weighted by Gasteiger charge is 2.43. The first-order chi connectivity index (χ1) is 9.87. The van der Waals surface area contributed by atoms with E-state index in [0.717, 1.165) is 12.8 Å². The van der Waals surface area contributed by atoms with Crippen LogP contribution in [0.15, 0.2) is 4.52 Å². The highest BCUT2D eigenvalue weighted by molar-refractivity contribution is 5.93. The molecule has 1 heterocycles. The molecule has 1 fully saturated rings. The zero-order chi connectivity index (χ0) is 15.6. The maximum absolute atomic E-state index is 11.9. The molecule has 1 saturated carbocycles. The number of nitriles is 1. The Hall–Kier alpha value is -2.36. The third-order valence-corrected chi connectivity index (χ3v) is 3.60. The van der Waals surface area contributed by atoms with Crippen molar-refractivity contribution < 1.29 is 18.8 Å². The van der Waals surface area contributed by atoms with Crippen molar-refractivity contribution in [2.24, 2.45) is 5.92 Å². The molecule has 7 nitrogen and oxygen atoms in total. The number of ether oxygens (including phenoxy) is 1. The minimum atomic E-state index is -0.896. The third kappa shape index (κ3) is 3.21. The maximum Gasteiger partial charge on any atom is 0.344 e. The largest absolute Gasteiger partial charge is 0.452 e. The van der Waals surface area contributed by atoms with E-state index in [0.29, 0.717) is 11.5 Å².